The molecule has 0 radical (unpaired) electrons. The normalized spacial score (nSPS) is 21.6. The van der Waals surface area contributed by atoms with Crippen molar-refractivity contribution in [2.75, 3.05) is 6.54 Å². The summed E-state index contributed by atoms with van der Waals surface area (Å²) in [6.07, 6.45) is 7.13. The van der Waals surface area contributed by atoms with E-state index in [9.17, 15) is 14.7 Å². The summed E-state index contributed by atoms with van der Waals surface area (Å²) in [6, 6.07) is 18.7. The molecule has 3 N–H and O–H groups in total. The zero-order valence-electron chi connectivity index (χ0n) is 24.6. The number of thiazole rings is 1. The van der Waals surface area contributed by atoms with Crippen LogP contribution in [0.25, 0.3) is 5.69 Å². The van der Waals surface area contributed by atoms with Crippen LogP contribution in [0.3, 0.4) is 0 Å². The van der Waals surface area contributed by atoms with Crippen molar-refractivity contribution < 1.29 is 14.7 Å². The molecular formula is C34H39N5O3S. The molecule has 224 valence electrons. The number of carbonyl (C=O) groups is 2. The van der Waals surface area contributed by atoms with Crippen LogP contribution in [0.15, 0.2) is 78.4 Å². The number of aliphatic hydroxyl groups is 1. The molecule has 9 heteroatoms. The lowest BCUT2D eigenvalue weighted by molar-refractivity contribution is 0.0730. The van der Waals surface area contributed by atoms with Crippen LogP contribution >= 0.6 is 11.3 Å². The molecule has 2 aromatic heterocycles. The summed E-state index contributed by atoms with van der Waals surface area (Å²) in [5.41, 5.74) is 3.57. The molecule has 0 saturated carbocycles. The minimum atomic E-state index is -0.769. The van der Waals surface area contributed by atoms with Crippen molar-refractivity contribution in [3.8, 4) is 5.69 Å². The maximum Gasteiger partial charge on any atom is 0.254 e. The molecule has 0 aliphatic carbocycles. The highest BCUT2D eigenvalue weighted by molar-refractivity contribution is 7.09. The molecular weight excluding hydrogens is 558 g/mol. The fourth-order valence-electron chi connectivity index (χ4n) is 6.37. The number of benzene rings is 2. The zero-order valence-corrected chi connectivity index (χ0v) is 25.5. The highest BCUT2D eigenvalue weighted by Crippen LogP contribution is 2.35. The highest BCUT2D eigenvalue weighted by Gasteiger charge is 2.35. The van der Waals surface area contributed by atoms with Gasteiger partial charge in [0.15, 0.2) is 0 Å². The molecule has 2 aromatic carbocycles. The van der Waals surface area contributed by atoms with E-state index in [1.54, 1.807) is 23.5 Å². The molecule has 2 aliphatic rings. The Hall–Kier alpha value is -3.79. The number of hydrogen-bond acceptors (Lipinski definition) is 6. The lowest BCUT2D eigenvalue weighted by Crippen LogP contribution is -2.53. The number of hydrogen-bond donors (Lipinski definition) is 3. The van der Waals surface area contributed by atoms with Gasteiger partial charge in [0.1, 0.15) is 5.01 Å². The number of rotatable bonds is 9. The van der Waals surface area contributed by atoms with Gasteiger partial charge in [-0.1, -0.05) is 30.3 Å². The molecule has 0 spiro atoms. The molecule has 5 atom stereocenters. The minimum absolute atomic E-state index is 0.0644. The number of aliphatic hydroxyl groups excluding tert-OH is 1. The van der Waals surface area contributed by atoms with Crippen LogP contribution in [0.4, 0.5) is 0 Å². The number of carbonyl (C=O) groups excluding carboxylic acids is 2. The summed E-state index contributed by atoms with van der Waals surface area (Å²) >= 11 is 1.59. The van der Waals surface area contributed by atoms with Crippen LogP contribution in [0, 0.1) is 6.92 Å². The second kappa shape index (κ2) is 12.8. The number of aryl methyl sites for hydroxylation is 1. The van der Waals surface area contributed by atoms with E-state index in [0.717, 1.165) is 47.6 Å². The summed E-state index contributed by atoms with van der Waals surface area (Å²) in [6.45, 7) is 4.73. The summed E-state index contributed by atoms with van der Waals surface area (Å²) in [4.78, 5) is 34.5. The average Bonchev–Trinajstić information content (AvgIpc) is 3.84. The van der Waals surface area contributed by atoms with Crippen LogP contribution in [0.2, 0.25) is 0 Å². The van der Waals surface area contributed by atoms with Crippen molar-refractivity contribution in [3.05, 3.63) is 106 Å². The summed E-state index contributed by atoms with van der Waals surface area (Å²) < 4.78 is 1.90. The molecule has 5 unspecified atom stereocenters. The molecule has 4 aromatic rings. The number of aromatic nitrogens is 2. The number of nitrogens with zero attached hydrogens (tertiary/aromatic N) is 3. The molecule has 6 rings (SSSR count). The van der Waals surface area contributed by atoms with Gasteiger partial charge in [0.25, 0.3) is 11.8 Å². The van der Waals surface area contributed by atoms with Crippen molar-refractivity contribution in [1.82, 2.24) is 25.1 Å². The van der Waals surface area contributed by atoms with Gasteiger partial charge in [0, 0.05) is 58.9 Å². The van der Waals surface area contributed by atoms with Crippen LogP contribution in [0.5, 0.6) is 0 Å². The van der Waals surface area contributed by atoms with Crippen LogP contribution in [-0.4, -0.2) is 62.1 Å². The van der Waals surface area contributed by atoms with Crippen molar-refractivity contribution in [2.45, 2.75) is 76.2 Å². The lowest BCUT2D eigenvalue weighted by Gasteiger charge is -2.29. The third-order valence-corrected chi connectivity index (χ3v) is 9.68. The number of amides is 2. The van der Waals surface area contributed by atoms with E-state index in [0.29, 0.717) is 30.1 Å². The van der Waals surface area contributed by atoms with Crippen molar-refractivity contribution in [1.29, 1.82) is 0 Å². The molecule has 4 heterocycles. The minimum Gasteiger partial charge on any atom is -0.389 e. The van der Waals surface area contributed by atoms with Gasteiger partial charge in [0.05, 0.1) is 18.2 Å². The third-order valence-electron chi connectivity index (χ3n) is 8.61. The first-order valence-electron chi connectivity index (χ1n) is 15.2. The van der Waals surface area contributed by atoms with Crippen LogP contribution < -0.4 is 10.6 Å². The average molecular weight is 598 g/mol. The monoisotopic (exact) mass is 597 g/mol. The van der Waals surface area contributed by atoms with Gasteiger partial charge in [0.2, 0.25) is 0 Å². The SMILES string of the molecule is Cc1csc(C2CCCN2C(=O)c2cc(C(=O)NC(Cc3ccccc3)C(O)C3CCC(C)N3)cc(-n3cccc3)c2)n1. The Kier molecular flexibility index (Phi) is 8.74. The molecule has 2 fully saturated rings. The Morgan fingerprint density at radius 1 is 1.07 bits per heavy atom. The van der Waals surface area contributed by atoms with Gasteiger partial charge in [-0.3, -0.25) is 9.59 Å². The Labute approximate surface area is 256 Å². The first-order valence-corrected chi connectivity index (χ1v) is 16.0. The van der Waals surface area contributed by atoms with E-state index in [1.165, 1.54) is 0 Å². The summed E-state index contributed by atoms with van der Waals surface area (Å²) in [5, 5.41) is 21.1. The smallest absolute Gasteiger partial charge is 0.254 e. The van der Waals surface area contributed by atoms with Crippen molar-refractivity contribution in [3.63, 3.8) is 0 Å². The quantitative estimate of drug-likeness (QED) is 0.251. The van der Waals surface area contributed by atoms with E-state index in [1.807, 2.05) is 82.7 Å². The van der Waals surface area contributed by atoms with E-state index >= 15 is 0 Å². The fourth-order valence-corrected chi connectivity index (χ4v) is 7.31. The number of nitrogens with one attached hydrogen (secondary N) is 2. The Morgan fingerprint density at radius 2 is 1.84 bits per heavy atom. The lowest BCUT2D eigenvalue weighted by atomic mass is 9.95. The highest BCUT2D eigenvalue weighted by atomic mass is 32.1. The van der Waals surface area contributed by atoms with E-state index < -0.39 is 12.1 Å². The van der Waals surface area contributed by atoms with Crippen LogP contribution in [-0.2, 0) is 6.42 Å². The van der Waals surface area contributed by atoms with Gasteiger partial charge >= 0.3 is 0 Å². The second-order valence-corrected chi connectivity index (χ2v) is 12.7. The third kappa shape index (κ3) is 6.59. The molecule has 2 amide bonds. The largest absolute Gasteiger partial charge is 0.389 e. The van der Waals surface area contributed by atoms with Crippen molar-refractivity contribution >= 4 is 23.2 Å². The van der Waals surface area contributed by atoms with Gasteiger partial charge in [-0.15, -0.1) is 11.3 Å². The Morgan fingerprint density at radius 3 is 2.53 bits per heavy atom. The predicted molar refractivity (Wildman–Crippen MR) is 169 cm³/mol. The van der Waals surface area contributed by atoms with E-state index in [2.05, 4.69) is 22.5 Å². The maximum atomic E-state index is 14.0. The Balaban J connectivity index is 1.30. The van der Waals surface area contributed by atoms with E-state index in [4.69, 9.17) is 0 Å². The van der Waals surface area contributed by atoms with Gasteiger partial charge in [-0.25, -0.2) is 4.98 Å². The second-order valence-electron chi connectivity index (χ2n) is 11.9. The maximum absolute atomic E-state index is 14.0. The van der Waals surface area contributed by atoms with Gasteiger partial charge in [-0.05, 0) is 81.8 Å². The predicted octanol–water partition coefficient (Wildman–Crippen LogP) is 5.06. The first kappa shape index (κ1) is 29.3. The van der Waals surface area contributed by atoms with Crippen LogP contribution in [0.1, 0.15) is 75.6 Å². The number of likely N-dealkylation sites (tertiary alicyclic amines) is 1. The first-order chi connectivity index (χ1) is 20.9. The van der Waals surface area contributed by atoms with Gasteiger partial charge < -0.3 is 25.2 Å². The topological polar surface area (TPSA) is 99.5 Å². The Bertz CT molecular complexity index is 1550. The molecule has 43 heavy (non-hydrogen) atoms. The van der Waals surface area contributed by atoms with Crippen molar-refractivity contribution in [2.24, 2.45) is 0 Å². The molecule has 2 saturated heterocycles. The molecule has 8 nitrogen and oxygen atoms in total. The van der Waals surface area contributed by atoms with E-state index in [-0.39, 0.29) is 23.9 Å². The fraction of sp³-hybridized carbons (Fsp3) is 0.382. The zero-order chi connectivity index (χ0) is 29.9. The molecule has 2 aliphatic heterocycles. The van der Waals surface area contributed by atoms with Gasteiger partial charge in [-0.2, -0.15) is 0 Å². The summed E-state index contributed by atoms with van der Waals surface area (Å²) in [7, 11) is 0. The summed E-state index contributed by atoms with van der Waals surface area (Å²) in [5.74, 6) is -0.425. The molecule has 0 bridgehead atoms. The standard InChI is InChI=1S/C34H39N5O3S/c1-22-12-13-28(35-22)31(40)29(17-24-9-4-3-5-10-24)37-32(41)25-18-26(20-27(19-25)38-14-6-7-15-38)34(42)39-16-8-11-30(39)33-36-23(2)21-43-33/h3-7,9-10,14-15,18-22,28-31,35,40H,8,11-13,16-17H2,1-2H3,(H,37,41).